The predicted octanol–water partition coefficient (Wildman–Crippen LogP) is 5.03. The van der Waals surface area contributed by atoms with Crippen molar-refractivity contribution < 1.29 is 14.3 Å². The van der Waals surface area contributed by atoms with E-state index in [1.807, 2.05) is 0 Å². The highest BCUT2D eigenvalue weighted by Crippen LogP contribution is 2.34. The summed E-state index contributed by atoms with van der Waals surface area (Å²) in [4.78, 5) is 24.7. The topological polar surface area (TPSA) is 88.0 Å². The molecule has 9 heteroatoms. The molecule has 0 saturated heterocycles. The third-order valence-corrected chi connectivity index (χ3v) is 4.82. The van der Waals surface area contributed by atoms with Gasteiger partial charge in [-0.05, 0) is 42.5 Å². The molecule has 0 saturated carbocycles. The number of halogens is 3. The van der Waals surface area contributed by atoms with E-state index < -0.39 is 11.7 Å². The summed E-state index contributed by atoms with van der Waals surface area (Å²) >= 11 is 11.9. The molecule has 0 fully saturated rings. The summed E-state index contributed by atoms with van der Waals surface area (Å²) in [7, 11) is 0. The van der Waals surface area contributed by atoms with Crippen molar-refractivity contribution in [2.24, 2.45) is 0 Å². The molecule has 2 aromatic carbocycles. The number of benzene rings is 2. The number of aromatic nitrogens is 3. The Labute approximate surface area is 180 Å². The number of nitrogens with one attached hydrogen (secondary N) is 1. The lowest BCUT2D eigenvalue weighted by molar-refractivity contribution is -0.114. The number of phenols is 1. The Morgan fingerprint density at radius 1 is 1.00 bits per heavy atom. The van der Waals surface area contributed by atoms with Gasteiger partial charge in [0.25, 0.3) is 0 Å². The second-order valence-electron chi connectivity index (χ2n) is 6.32. The number of anilines is 1. The minimum absolute atomic E-state index is 0.00146. The molecule has 0 aliphatic rings. The maximum absolute atomic E-state index is 13.7. The molecule has 0 unspecified atom stereocenters. The van der Waals surface area contributed by atoms with Gasteiger partial charge in [-0.2, -0.15) is 0 Å². The number of carbonyl (C=O) groups excluding carboxylic acids is 1. The number of rotatable bonds is 4. The third kappa shape index (κ3) is 4.03. The largest absolute Gasteiger partial charge is 0.507 e. The third-order valence-electron chi connectivity index (χ3n) is 4.28. The molecule has 2 heterocycles. The van der Waals surface area contributed by atoms with E-state index in [1.54, 1.807) is 30.3 Å². The molecule has 0 aliphatic heterocycles. The molecule has 30 heavy (non-hydrogen) atoms. The van der Waals surface area contributed by atoms with Gasteiger partial charge in [-0.1, -0.05) is 23.7 Å². The van der Waals surface area contributed by atoms with E-state index >= 15 is 0 Å². The molecule has 4 rings (SSSR count). The quantitative estimate of drug-likeness (QED) is 0.341. The zero-order valence-corrected chi connectivity index (χ0v) is 16.7. The summed E-state index contributed by atoms with van der Waals surface area (Å²) in [6.07, 6.45) is 0. The molecule has 1 amide bonds. The van der Waals surface area contributed by atoms with Crippen molar-refractivity contribution in [3.8, 4) is 28.3 Å². The predicted molar refractivity (Wildman–Crippen MR) is 114 cm³/mol. The molecule has 0 bridgehead atoms. The fourth-order valence-corrected chi connectivity index (χ4v) is 3.24. The normalized spacial score (nSPS) is 10.9. The molecule has 0 atom stereocenters. The standard InChI is InChI=1S/C21H13Cl2FN4O2/c22-10-19(30)28-21-26-16(13-3-1-2-4-18(13)29)9-17(27-21)14-8-11-7-12(24)5-6-15(11)25-20(14)23/h1-9,29H,10H2,(H,26,27,28,30). The van der Waals surface area contributed by atoms with Crippen LogP contribution in [-0.4, -0.2) is 31.8 Å². The van der Waals surface area contributed by atoms with Crippen molar-refractivity contribution in [1.82, 2.24) is 15.0 Å². The Morgan fingerprint density at radius 3 is 2.47 bits per heavy atom. The molecule has 4 aromatic rings. The summed E-state index contributed by atoms with van der Waals surface area (Å²) in [6, 6.07) is 14.0. The van der Waals surface area contributed by atoms with Crippen molar-refractivity contribution >= 4 is 46.0 Å². The number of amides is 1. The SMILES string of the molecule is O=C(CCl)Nc1nc(-c2ccccc2O)cc(-c2cc3cc(F)ccc3nc2Cl)n1. The number of para-hydroxylation sites is 1. The van der Waals surface area contributed by atoms with E-state index in [0.717, 1.165) is 0 Å². The second-order valence-corrected chi connectivity index (χ2v) is 6.95. The lowest BCUT2D eigenvalue weighted by Gasteiger charge is -2.11. The number of fused-ring (bicyclic) bond motifs is 1. The molecular formula is C21H13Cl2FN4O2. The molecule has 0 radical (unpaired) electrons. The smallest absolute Gasteiger partial charge is 0.241 e. The van der Waals surface area contributed by atoms with Crippen molar-refractivity contribution in [2.45, 2.75) is 0 Å². The van der Waals surface area contributed by atoms with Crippen molar-refractivity contribution in [2.75, 3.05) is 11.2 Å². The van der Waals surface area contributed by atoms with Gasteiger partial charge in [0.15, 0.2) is 0 Å². The number of phenolic OH excluding ortho intramolecular Hbond substituents is 1. The van der Waals surface area contributed by atoms with E-state index in [1.165, 1.54) is 24.3 Å². The van der Waals surface area contributed by atoms with Crippen LogP contribution in [0.4, 0.5) is 10.3 Å². The molecular weight excluding hydrogens is 430 g/mol. The number of nitrogens with zero attached hydrogens (tertiary/aromatic N) is 3. The molecule has 0 aliphatic carbocycles. The number of pyridine rings is 1. The van der Waals surface area contributed by atoms with Crippen LogP contribution in [0.3, 0.4) is 0 Å². The van der Waals surface area contributed by atoms with Crippen LogP contribution in [0, 0.1) is 5.82 Å². The first-order valence-corrected chi connectivity index (χ1v) is 9.65. The fourth-order valence-electron chi connectivity index (χ4n) is 2.93. The first-order valence-electron chi connectivity index (χ1n) is 8.74. The van der Waals surface area contributed by atoms with Crippen LogP contribution >= 0.6 is 23.2 Å². The van der Waals surface area contributed by atoms with Crippen molar-refractivity contribution in [3.05, 3.63) is 65.6 Å². The Balaban J connectivity index is 1.92. The first kappa shape index (κ1) is 20.0. The maximum atomic E-state index is 13.7. The van der Waals surface area contributed by atoms with Crippen LogP contribution < -0.4 is 5.32 Å². The van der Waals surface area contributed by atoms with Gasteiger partial charge in [0.1, 0.15) is 22.6 Å². The number of alkyl halides is 1. The summed E-state index contributed by atoms with van der Waals surface area (Å²) in [6.45, 7) is 0. The van der Waals surface area contributed by atoms with E-state index in [-0.39, 0.29) is 22.7 Å². The summed E-state index contributed by atoms with van der Waals surface area (Å²) in [5.74, 6) is -1.21. The molecule has 0 spiro atoms. The van der Waals surface area contributed by atoms with E-state index in [2.05, 4.69) is 20.3 Å². The number of aromatic hydroxyl groups is 1. The molecule has 2 N–H and O–H groups in total. The van der Waals surface area contributed by atoms with Gasteiger partial charge >= 0.3 is 0 Å². The minimum atomic E-state index is -0.498. The maximum Gasteiger partial charge on any atom is 0.241 e. The zero-order valence-electron chi connectivity index (χ0n) is 15.2. The zero-order chi connectivity index (χ0) is 21.3. The molecule has 150 valence electrons. The Bertz CT molecular complexity index is 1280. The van der Waals surface area contributed by atoms with Crippen LogP contribution in [0.25, 0.3) is 33.4 Å². The molecule has 2 aromatic heterocycles. The van der Waals surface area contributed by atoms with Crippen LogP contribution in [-0.2, 0) is 4.79 Å². The average Bonchev–Trinajstić information content (AvgIpc) is 2.73. The number of hydrogen-bond acceptors (Lipinski definition) is 5. The van der Waals surface area contributed by atoms with Crippen LogP contribution in [0.1, 0.15) is 0 Å². The highest BCUT2D eigenvalue weighted by Gasteiger charge is 2.16. The summed E-state index contributed by atoms with van der Waals surface area (Å²) in [5, 5.41) is 13.4. The summed E-state index contributed by atoms with van der Waals surface area (Å²) < 4.78 is 13.7. The van der Waals surface area contributed by atoms with Gasteiger partial charge in [0, 0.05) is 16.5 Å². The van der Waals surface area contributed by atoms with Gasteiger partial charge < -0.3 is 5.11 Å². The van der Waals surface area contributed by atoms with Gasteiger partial charge in [-0.25, -0.2) is 19.3 Å². The van der Waals surface area contributed by atoms with Gasteiger partial charge in [0.05, 0.1) is 16.9 Å². The minimum Gasteiger partial charge on any atom is -0.507 e. The summed E-state index contributed by atoms with van der Waals surface area (Å²) in [5.41, 5.74) is 2.04. The van der Waals surface area contributed by atoms with Crippen LogP contribution in [0.5, 0.6) is 5.75 Å². The Kier molecular flexibility index (Phi) is 5.48. The Hall–Kier alpha value is -3.29. The average molecular weight is 443 g/mol. The highest BCUT2D eigenvalue weighted by atomic mass is 35.5. The van der Waals surface area contributed by atoms with E-state index in [9.17, 15) is 14.3 Å². The lowest BCUT2D eigenvalue weighted by Crippen LogP contribution is -2.15. The number of hydrogen-bond donors (Lipinski definition) is 2. The monoisotopic (exact) mass is 442 g/mol. The lowest BCUT2D eigenvalue weighted by atomic mass is 10.1. The fraction of sp³-hybridized carbons (Fsp3) is 0.0476. The van der Waals surface area contributed by atoms with Gasteiger partial charge in [-0.15, -0.1) is 11.6 Å². The second kappa shape index (κ2) is 8.22. The van der Waals surface area contributed by atoms with Crippen LogP contribution in [0.15, 0.2) is 54.6 Å². The van der Waals surface area contributed by atoms with Crippen molar-refractivity contribution in [1.29, 1.82) is 0 Å². The Morgan fingerprint density at radius 2 is 1.73 bits per heavy atom. The van der Waals surface area contributed by atoms with Gasteiger partial charge in [0.2, 0.25) is 11.9 Å². The highest BCUT2D eigenvalue weighted by molar-refractivity contribution is 6.32. The van der Waals surface area contributed by atoms with Crippen molar-refractivity contribution in [3.63, 3.8) is 0 Å². The van der Waals surface area contributed by atoms with E-state index in [4.69, 9.17) is 23.2 Å². The van der Waals surface area contributed by atoms with Gasteiger partial charge in [-0.3, -0.25) is 10.1 Å². The number of carbonyl (C=O) groups is 1. The van der Waals surface area contributed by atoms with Crippen LogP contribution in [0.2, 0.25) is 5.15 Å². The first-order chi connectivity index (χ1) is 14.4. The van der Waals surface area contributed by atoms with E-state index in [0.29, 0.717) is 33.4 Å². The molecule has 6 nitrogen and oxygen atoms in total.